The van der Waals surface area contributed by atoms with Gasteiger partial charge in [0.05, 0.1) is 4.90 Å². The second kappa shape index (κ2) is 11.6. The first kappa shape index (κ1) is 28.1. The van der Waals surface area contributed by atoms with Crippen LogP contribution < -0.4 is 10.0 Å². The Kier molecular flexibility index (Phi) is 8.14. The summed E-state index contributed by atoms with van der Waals surface area (Å²) < 4.78 is 30.5. The Labute approximate surface area is 236 Å². The van der Waals surface area contributed by atoms with Crippen molar-refractivity contribution in [3.63, 3.8) is 0 Å². The number of sulfonamides is 1. The first-order chi connectivity index (χ1) is 19.2. The fraction of sp³-hybridized carbons (Fsp3) is 0.419. The van der Waals surface area contributed by atoms with Crippen molar-refractivity contribution in [3.05, 3.63) is 71.8 Å². The van der Waals surface area contributed by atoms with Crippen LogP contribution in [0.25, 0.3) is 10.8 Å². The zero-order valence-electron chi connectivity index (χ0n) is 23.4. The number of fused-ring (bicyclic) bond motifs is 1. The maximum absolute atomic E-state index is 13.8. The Bertz CT molecular complexity index is 1500. The predicted octanol–water partition coefficient (Wildman–Crippen LogP) is 5.24. The smallest absolute Gasteiger partial charge is 0.320 e. The molecular weight excluding hydrogens is 524 g/mol. The average Bonchev–Trinajstić information content (AvgIpc) is 2.95. The standard InChI is InChI=1S/C31H38N4O4S/c1-21-11-5-6-12-24(21)30(36)32-27-15-16-28(26-14-8-7-13-25(26)27)40(38,39)33-29-22(2)19-35(20-23(29)3)31(37)34-17-9-4-10-18-34/h5-8,11-16,22-23,29,33H,4,9-10,17-20H2,1-3H3,(H,32,36). The minimum Gasteiger partial charge on any atom is -0.325 e. The van der Waals surface area contributed by atoms with E-state index in [0.29, 0.717) is 35.1 Å². The third-order valence-electron chi connectivity index (χ3n) is 8.24. The van der Waals surface area contributed by atoms with E-state index in [4.69, 9.17) is 0 Å². The van der Waals surface area contributed by atoms with E-state index >= 15 is 0 Å². The molecule has 2 N–H and O–H groups in total. The van der Waals surface area contributed by atoms with Crippen LogP contribution in [-0.4, -0.2) is 62.4 Å². The van der Waals surface area contributed by atoms with E-state index in [-0.39, 0.29) is 34.7 Å². The van der Waals surface area contributed by atoms with Crippen LogP contribution in [0.2, 0.25) is 0 Å². The number of benzene rings is 3. The Morgan fingerprint density at radius 1 is 0.800 bits per heavy atom. The number of likely N-dealkylation sites (tertiary alicyclic amines) is 2. The topological polar surface area (TPSA) is 98.8 Å². The molecule has 0 spiro atoms. The van der Waals surface area contributed by atoms with E-state index in [1.807, 2.05) is 60.9 Å². The van der Waals surface area contributed by atoms with Crippen molar-refractivity contribution >= 4 is 38.4 Å². The van der Waals surface area contributed by atoms with E-state index in [0.717, 1.165) is 37.9 Å². The summed E-state index contributed by atoms with van der Waals surface area (Å²) in [6.45, 7) is 8.49. The van der Waals surface area contributed by atoms with Gasteiger partial charge in [-0.05, 0) is 61.8 Å². The monoisotopic (exact) mass is 562 g/mol. The van der Waals surface area contributed by atoms with Gasteiger partial charge in [0.15, 0.2) is 0 Å². The van der Waals surface area contributed by atoms with Crippen molar-refractivity contribution in [1.82, 2.24) is 14.5 Å². The van der Waals surface area contributed by atoms with Gasteiger partial charge in [-0.1, -0.05) is 56.3 Å². The normalized spacial score (nSPS) is 21.8. The Morgan fingerprint density at radius 2 is 1.43 bits per heavy atom. The van der Waals surface area contributed by atoms with Crippen LogP contribution in [-0.2, 0) is 10.0 Å². The molecule has 2 fully saturated rings. The lowest BCUT2D eigenvalue weighted by molar-refractivity contribution is 0.0941. The Morgan fingerprint density at radius 3 is 2.10 bits per heavy atom. The molecule has 3 amide bonds. The summed E-state index contributed by atoms with van der Waals surface area (Å²) in [5.74, 6) is -0.345. The fourth-order valence-corrected chi connectivity index (χ4v) is 7.77. The molecule has 3 aromatic carbocycles. The molecule has 2 aliphatic heterocycles. The van der Waals surface area contributed by atoms with E-state index in [1.54, 1.807) is 30.3 Å². The minimum atomic E-state index is -3.89. The van der Waals surface area contributed by atoms with Crippen molar-refractivity contribution < 1.29 is 18.0 Å². The summed E-state index contributed by atoms with van der Waals surface area (Å²) >= 11 is 0. The van der Waals surface area contributed by atoms with E-state index in [1.165, 1.54) is 0 Å². The number of hydrogen-bond acceptors (Lipinski definition) is 4. The van der Waals surface area contributed by atoms with Crippen molar-refractivity contribution in [2.24, 2.45) is 11.8 Å². The molecule has 0 saturated carbocycles. The van der Waals surface area contributed by atoms with Gasteiger partial charge in [-0.15, -0.1) is 0 Å². The number of carbonyl (C=O) groups is 2. The molecule has 212 valence electrons. The number of nitrogens with one attached hydrogen (secondary N) is 2. The molecule has 40 heavy (non-hydrogen) atoms. The SMILES string of the molecule is Cc1ccccc1C(=O)Nc1ccc(S(=O)(=O)NC2C(C)CN(C(=O)N3CCCCC3)CC2C)c2ccccc12. The first-order valence-corrected chi connectivity index (χ1v) is 15.6. The predicted molar refractivity (Wildman–Crippen MR) is 158 cm³/mol. The zero-order chi connectivity index (χ0) is 28.4. The van der Waals surface area contributed by atoms with E-state index in [9.17, 15) is 18.0 Å². The molecule has 8 nitrogen and oxygen atoms in total. The quantitative estimate of drug-likeness (QED) is 0.444. The van der Waals surface area contributed by atoms with Crippen LogP contribution in [0.3, 0.4) is 0 Å². The van der Waals surface area contributed by atoms with Crippen molar-refractivity contribution in [2.75, 3.05) is 31.5 Å². The minimum absolute atomic E-state index is 0.0498. The molecule has 2 atom stereocenters. The summed E-state index contributed by atoms with van der Waals surface area (Å²) in [6, 6.07) is 17.5. The van der Waals surface area contributed by atoms with Gasteiger partial charge in [0, 0.05) is 54.2 Å². The molecule has 0 bridgehead atoms. The van der Waals surface area contributed by atoms with Crippen LogP contribution in [0.1, 0.15) is 49.0 Å². The number of carbonyl (C=O) groups excluding carboxylic acids is 2. The summed E-state index contributed by atoms with van der Waals surface area (Å²) in [5, 5.41) is 4.15. The van der Waals surface area contributed by atoms with Gasteiger partial charge in [-0.2, -0.15) is 0 Å². The van der Waals surface area contributed by atoms with Gasteiger partial charge in [0.2, 0.25) is 10.0 Å². The first-order valence-electron chi connectivity index (χ1n) is 14.1. The second-order valence-corrected chi connectivity index (χ2v) is 12.9. The molecule has 9 heteroatoms. The van der Waals surface area contributed by atoms with Gasteiger partial charge in [-0.3, -0.25) is 4.79 Å². The lowest BCUT2D eigenvalue weighted by Gasteiger charge is -2.43. The molecule has 2 unspecified atom stereocenters. The molecule has 0 radical (unpaired) electrons. The molecule has 5 rings (SSSR count). The fourth-order valence-electron chi connectivity index (χ4n) is 6.11. The van der Waals surface area contributed by atoms with Gasteiger partial charge in [0.1, 0.15) is 0 Å². The molecular formula is C31H38N4O4S. The van der Waals surface area contributed by atoms with Gasteiger partial charge >= 0.3 is 6.03 Å². The van der Waals surface area contributed by atoms with E-state index in [2.05, 4.69) is 10.0 Å². The van der Waals surface area contributed by atoms with Gasteiger partial charge in [0.25, 0.3) is 5.91 Å². The van der Waals surface area contributed by atoms with Crippen LogP contribution in [0.15, 0.2) is 65.6 Å². The summed E-state index contributed by atoms with van der Waals surface area (Å²) in [4.78, 5) is 30.1. The van der Waals surface area contributed by atoms with Crippen molar-refractivity contribution in [2.45, 2.75) is 51.0 Å². The zero-order valence-corrected chi connectivity index (χ0v) is 24.2. The largest absolute Gasteiger partial charge is 0.325 e. The second-order valence-electron chi connectivity index (χ2n) is 11.3. The number of amides is 3. The maximum atomic E-state index is 13.8. The Hall–Kier alpha value is -3.43. The summed E-state index contributed by atoms with van der Waals surface area (Å²) in [5.41, 5.74) is 1.98. The lowest BCUT2D eigenvalue weighted by Crippen LogP contribution is -2.58. The summed E-state index contributed by atoms with van der Waals surface area (Å²) in [7, 11) is -3.89. The number of urea groups is 1. The maximum Gasteiger partial charge on any atom is 0.320 e. The van der Waals surface area contributed by atoms with Crippen LogP contribution >= 0.6 is 0 Å². The number of aryl methyl sites for hydroxylation is 1. The molecule has 3 aromatic rings. The highest BCUT2D eigenvalue weighted by Crippen LogP contribution is 2.32. The molecule has 0 aliphatic carbocycles. The van der Waals surface area contributed by atoms with Crippen molar-refractivity contribution in [1.29, 1.82) is 0 Å². The highest BCUT2D eigenvalue weighted by atomic mass is 32.2. The van der Waals surface area contributed by atoms with Gasteiger partial charge in [-0.25, -0.2) is 17.9 Å². The highest BCUT2D eigenvalue weighted by Gasteiger charge is 2.38. The number of piperidine rings is 2. The van der Waals surface area contributed by atoms with E-state index < -0.39 is 10.0 Å². The molecule has 2 saturated heterocycles. The molecule has 0 aromatic heterocycles. The summed E-state index contributed by atoms with van der Waals surface area (Å²) in [6.07, 6.45) is 3.24. The lowest BCUT2D eigenvalue weighted by atomic mass is 9.86. The highest BCUT2D eigenvalue weighted by molar-refractivity contribution is 7.89. The third kappa shape index (κ3) is 5.71. The number of anilines is 1. The van der Waals surface area contributed by atoms with Crippen LogP contribution in [0, 0.1) is 18.8 Å². The Balaban J connectivity index is 1.35. The van der Waals surface area contributed by atoms with Crippen LogP contribution in [0.5, 0.6) is 0 Å². The molecule has 2 aliphatic rings. The third-order valence-corrected chi connectivity index (χ3v) is 9.76. The van der Waals surface area contributed by atoms with Gasteiger partial charge < -0.3 is 15.1 Å². The number of hydrogen-bond donors (Lipinski definition) is 2. The average molecular weight is 563 g/mol. The van der Waals surface area contributed by atoms with Crippen molar-refractivity contribution in [3.8, 4) is 0 Å². The van der Waals surface area contributed by atoms with Crippen LogP contribution in [0.4, 0.5) is 10.5 Å². The number of rotatable bonds is 5. The number of nitrogens with zero attached hydrogens (tertiary/aromatic N) is 2. The molecule has 2 heterocycles.